The van der Waals surface area contributed by atoms with Gasteiger partial charge < -0.3 is 19.7 Å². The highest BCUT2D eigenvalue weighted by Crippen LogP contribution is 2.23. The third-order valence-electron chi connectivity index (χ3n) is 3.60. The molecule has 1 atom stereocenters. The summed E-state index contributed by atoms with van der Waals surface area (Å²) in [5.41, 5.74) is 0.801. The van der Waals surface area contributed by atoms with Crippen molar-refractivity contribution in [2.24, 2.45) is 0 Å². The van der Waals surface area contributed by atoms with Gasteiger partial charge in [0, 0.05) is 26.2 Å². The largest absolute Gasteiger partial charge is 0.379 e. The molecule has 1 fully saturated rings. The highest BCUT2D eigenvalue weighted by Gasteiger charge is 2.27. The molecule has 0 aromatic heterocycles. The van der Waals surface area contributed by atoms with Gasteiger partial charge >= 0.3 is 0 Å². The molecule has 1 aromatic rings. The zero-order chi connectivity index (χ0) is 15.8. The predicted molar refractivity (Wildman–Crippen MR) is 81.0 cm³/mol. The average molecular weight is 310 g/mol. The van der Waals surface area contributed by atoms with Gasteiger partial charge in [-0.3, -0.25) is 4.79 Å². The Kier molecular flexibility index (Phi) is 6.76. The Morgan fingerprint density at radius 1 is 1.41 bits per heavy atom. The first-order chi connectivity index (χ1) is 10.7. The molecule has 122 valence electrons. The molecule has 1 unspecified atom stereocenters. The lowest BCUT2D eigenvalue weighted by Gasteiger charge is -2.36. The lowest BCUT2D eigenvalue weighted by atomic mass is 10.0. The number of ether oxygens (including phenoxy) is 2. The standard InChI is InChI=1S/C16H23FN2O3/c1-2-21-8-9-22-12-16(20)19-7-6-18-11-15(19)13-4-3-5-14(17)10-13/h3-5,10,15,18H,2,6-9,11-12H2,1H3. The van der Waals surface area contributed by atoms with E-state index in [9.17, 15) is 9.18 Å². The Balaban J connectivity index is 1.93. The zero-order valence-electron chi connectivity index (χ0n) is 12.9. The molecule has 5 nitrogen and oxygen atoms in total. The molecule has 1 saturated heterocycles. The van der Waals surface area contributed by atoms with Crippen molar-refractivity contribution in [3.63, 3.8) is 0 Å². The van der Waals surface area contributed by atoms with Crippen LogP contribution < -0.4 is 5.32 Å². The highest BCUT2D eigenvalue weighted by molar-refractivity contribution is 5.78. The number of hydrogen-bond donors (Lipinski definition) is 1. The van der Waals surface area contributed by atoms with Crippen molar-refractivity contribution in [1.29, 1.82) is 0 Å². The van der Waals surface area contributed by atoms with Gasteiger partial charge in [-0.05, 0) is 24.6 Å². The van der Waals surface area contributed by atoms with E-state index >= 15 is 0 Å². The molecule has 1 aliphatic heterocycles. The van der Waals surface area contributed by atoms with Gasteiger partial charge in [0.25, 0.3) is 0 Å². The molecule has 1 aliphatic rings. The number of amides is 1. The highest BCUT2D eigenvalue weighted by atomic mass is 19.1. The van der Waals surface area contributed by atoms with E-state index in [0.717, 1.165) is 12.1 Å². The molecule has 6 heteroatoms. The molecular weight excluding hydrogens is 287 g/mol. The van der Waals surface area contributed by atoms with Gasteiger partial charge in [0.05, 0.1) is 19.3 Å². The van der Waals surface area contributed by atoms with E-state index < -0.39 is 0 Å². The Hall–Kier alpha value is -1.50. The number of benzene rings is 1. The van der Waals surface area contributed by atoms with Gasteiger partial charge in [0.15, 0.2) is 0 Å². The van der Waals surface area contributed by atoms with Crippen molar-refractivity contribution in [3.8, 4) is 0 Å². The minimum absolute atomic E-state index is 0.0267. The first-order valence-corrected chi connectivity index (χ1v) is 7.63. The van der Waals surface area contributed by atoms with E-state index in [1.165, 1.54) is 12.1 Å². The van der Waals surface area contributed by atoms with Crippen molar-refractivity contribution >= 4 is 5.91 Å². The molecule has 1 heterocycles. The van der Waals surface area contributed by atoms with Crippen LogP contribution in [0.4, 0.5) is 4.39 Å². The minimum Gasteiger partial charge on any atom is -0.379 e. The van der Waals surface area contributed by atoms with E-state index in [4.69, 9.17) is 9.47 Å². The smallest absolute Gasteiger partial charge is 0.249 e. The van der Waals surface area contributed by atoms with Crippen molar-refractivity contribution < 1.29 is 18.7 Å². The van der Waals surface area contributed by atoms with Crippen LogP contribution in [-0.4, -0.2) is 56.9 Å². The molecule has 0 bridgehead atoms. The maximum atomic E-state index is 13.4. The topological polar surface area (TPSA) is 50.8 Å². The van der Waals surface area contributed by atoms with E-state index in [1.54, 1.807) is 11.0 Å². The first kappa shape index (κ1) is 16.9. The molecule has 1 aromatic carbocycles. The molecule has 0 saturated carbocycles. The Morgan fingerprint density at radius 3 is 3.00 bits per heavy atom. The maximum absolute atomic E-state index is 13.4. The molecule has 1 amide bonds. The van der Waals surface area contributed by atoms with Crippen LogP contribution in [-0.2, 0) is 14.3 Å². The van der Waals surface area contributed by atoms with Crippen LogP contribution in [0.15, 0.2) is 24.3 Å². The second kappa shape index (κ2) is 8.82. The number of carbonyl (C=O) groups excluding carboxylic acids is 1. The Labute approximate surface area is 130 Å². The van der Waals surface area contributed by atoms with Crippen LogP contribution in [0, 0.1) is 5.82 Å². The van der Waals surface area contributed by atoms with E-state index in [-0.39, 0.29) is 24.4 Å². The summed E-state index contributed by atoms with van der Waals surface area (Å²) in [6, 6.07) is 6.24. The Morgan fingerprint density at radius 2 is 2.23 bits per heavy atom. The number of halogens is 1. The molecule has 22 heavy (non-hydrogen) atoms. The predicted octanol–water partition coefficient (Wildman–Crippen LogP) is 1.35. The summed E-state index contributed by atoms with van der Waals surface area (Å²) >= 11 is 0. The molecule has 2 rings (SSSR count). The fourth-order valence-corrected chi connectivity index (χ4v) is 2.52. The summed E-state index contributed by atoms with van der Waals surface area (Å²) in [4.78, 5) is 14.1. The SMILES string of the molecule is CCOCCOCC(=O)N1CCNCC1c1cccc(F)c1. The summed E-state index contributed by atoms with van der Waals surface area (Å²) in [6.07, 6.45) is 0. The molecule has 0 spiro atoms. The number of nitrogens with one attached hydrogen (secondary N) is 1. The Bertz CT molecular complexity index is 484. The zero-order valence-corrected chi connectivity index (χ0v) is 12.9. The second-order valence-electron chi connectivity index (χ2n) is 5.11. The van der Waals surface area contributed by atoms with E-state index in [0.29, 0.717) is 32.9 Å². The average Bonchev–Trinajstić information content (AvgIpc) is 2.54. The second-order valence-corrected chi connectivity index (χ2v) is 5.11. The van der Waals surface area contributed by atoms with Gasteiger partial charge in [0.1, 0.15) is 12.4 Å². The van der Waals surface area contributed by atoms with Crippen LogP contribution in [0.3, 0.4) is 0 Å². The van der Waals surface area contributed by atoms with Crippen molar-refractivity contribution in [2.45, 2.75) is 13.0 Å². The molecule has 1 N–H and O–H groups in total. The number of rotatable bonds is 7. The van der Waals surface area contributed by atoms with Crippen molar-refractivity contribution in [1.82, 2.24) is 10.2 Å². The third-order valence-corrected chi connectivity index (χ3v) is 3.60. The lowest BCUT2D eigenvalue weighted by molar-refractivity contribution is -0.140. The van der Waals surface area contributed by atoms with Gasteiger partial charge in [-0.25, -0.2) is 4.39 Å². The van der Waals surface area contributed by atoms with Crippen molar-refractivity contribution in [3.05, 3.63) is 35.6 Å². The van der Waals surface area contributed by atoms with Crippen LogP contribution in [0.5, 0.6) is 0 Å². The van der Waals surface area contributed by atoms with Gasteiger partial charge in [-0.1, -0.05) is 12.1 Å². The monoisotopic (exact) mass is 310 g/mol. The van der Waals surface area contributed by atoms with Crippen LogP contribution in [0.1, 0.15) is 18.5 Å². The maximum Gasteiger partial charge on any atom is 0.249 e. The van der Waals surface area contributed by atoms with E-state index in [1.807, 2.05) is 13.0 Å². The summed E-state index contributed by atoms with van der Waals surface area (Å²) in [7, 11) is 0. The van der Waals surface area contributed by atoms with Crippen molar-refractivity contribution in [2.75, 3.05) is 46.1 Å². The van der Waals surface area contributed by atoms with Crippen LogP contribution >= 0.6 is 0 Å². The quantitative estimate of drug-likeness (QED) is 0.773. The lowest BCUT2D eigenvalue weighted by Crippen LogP contribution is -2.49. The third kappa shape index (κ3) is 4.76. The number of hydrogen-bond acceptors (Lipinski definition) is 4. The fraction of sp³-hybridized carbons (Fsp3) is 0.562. The number of piperazine rings is 1. The fourth-order valence-electron chi connectivity index (χ4n) is 2.52. The summed E-state index contributed by atoms with van der Waals surface area (Å²) in [5.74, 6) is -0.365. The van der Waals surface area contributed by atoms with Gasteiger partial charge in [-0.2, -0.15) is 0 Å². The van der Waals surface area contributed by atoms with Gasteiger partial charge in [0.2, 0.25) is 5.91 Å². The summed E-state index contributed by atoms with van der Waals surface area (Å²) in [6.45, 7) is 5.40. The summed E-state index contributed by atoms with van der Waals surface area (Å²) in [5, 5.41) is 3.24. The van der Waals surface area contributed by atoms with Crippen LogP contribution in [0.2, 0.25) is 0 Å². The number of carbonyl (C=O) groups is 1. The van der Waals surface area contributed by atoms with Gasteiger partial charge in [-0.15, -0.1) is 0 Å². The molecule has 0 radical (unpaired) electrons. The molecule has 0 aliphatic carbocycles. The molecular formula is C16H23FN2O3. The van der Waals surface area contributed by atoms with Crippen LogP contribution in [0.25, 0.3) is 0 Å². The van der Waals surface area contributed by atoms with E-state index in [2.05, 4.69) is 5.32 Å². The minimum atomic E-state index is -0.288. The summed E-state index contributed by atoms with van der Waals surface area (Å²) < 4.78 is 23.9. The normalized spacial score (nSPS) is 18.5. The first-order valence-electron chi connectivity index (χ1n) is 7.63. The number of nitrogens with zero attached hydrogens (tertiary/aromatic N) is 1.